The Labute approximate surface area is 131 Å². The van der Waals surface area contributed by atoms with Gasteiger partial charge in [0.2, 0.25) is 0 Å². The molecule has 22 heavy (non-hydrogen) atoms. The lowest BCUT2D eigenvalue weighted by molar-refractivity contribution is 0.0780. The molecule has 0 aromatic heterocycles. The summed E-state index contributed by atoms with van der Waals surface area (Å²) in [5.41, 5.74) is 0. The zero-order valence-corrected chi connectivity index (χ0v) is 13.5. The van der Waals surface area contributed by atoms with Crippen LogP contribution < -0.4 is 10.6 Å². The highest BCUT2D eigenvalue weighted by Gasteiger charge is 2.18. The molecule has 8 heteroatoms. The van der Waals surface area contributed by atoms with Gasteiger partial charge in [0.25, 0.3) is 0 Å². The van der Waals surface area contributed by atoms with E-state index in [2.05, 4.69) is 10.6 Å². The van der Waals surface area contributed by atoms with Crippen molar-refractivity contribution in [3.8, 4) is 0 Å². The predicted octanol–water partition coefficient (Wildman–Crippen LogP) is 1.11. The van der Waals surface area contributed by atoms with E-state index >= 15 is 0 Å². The van der Waals surface area contributed by atoms with E-state index in [1.807, 2.05) is 6.92 Å². The van der Waals surface area contributed by atoms with E-state index in [0.717, 1.165) is 6.42 Å². The van der Waals surface area contributed by atoms with Crippen LogP contribution in [-0.4, -0.2) is 54.0 Å². The largest absolute Gasteiger partial charge is 0.446 e. The Kier molecular flexibility index (Phi) is 11.2. The van der Waals surface area contributed by atoms with Gasteiger partial charge in [-0.25, -0.2) is 9.59 Å². The lowest BCUT2D eigenvalue weighted by Crippen LogP contribution is -2.49. The van der Waals surface area contributed by atoms with Gasteiger partial charge >= 0.3 is 12.2 Å². The molecular weight excluding hydrogens is 292 g/mol. The first-order chi connectivity index (χ1) is 10.4. The minimum absolute atomic E-state index is 0.0693. The summed E-state index contributed by atoms with van der Waals surface area (Å²) in [6.45, 7) is 5.11. The molecule has 0 aliphatic carbocycles. The Balaban J connectivity index is 4.29. The van der Waals surface area contributed by atoms with Crippen molar-refractivity contribution in [3.63, 3.8) is 0 Å². The molecule has 4 N–H and O–H groups in total. The highest BCUT2D eigenvalue weighted by molar-refractivity contribution is 5.71. The number of amides is 2. The molecule has 0 aliphatic rings. The number of alkyl carbamates (subject to hydrolysis) is 2. The predicted molar refractivity (Wildman–Crippen MR) is 80.3 cm³/mol. The molecule has 130 valence electrons. The van der Waals surface area contributed by atoms with Gasteiger partial charge in [-0.2, -0.15) is 0 Å². The molecule has 0 aromatic rings. The summed E-state index contributed by atoms with van der Waals surface area (Å²) in [4.78, 5) is 23.4. The molecule has 0 saturated heterocycles. The summed E-state index contributed by atoms with van der Waals surface area (Å²) in [6, 6.07) is 0. The van der Waals surface area contributed by atoms with E-state index in [1.165, 1.54) is 0 Å². The molecule has 8 nitrogen and oxygen atoms in total. The molecule has 0 heterocycles. The van der Waals surface area contributed by atoms with Crippen molar-refractivity contribution in [1.82, 2.24) is 10.6 Å². The number of rotatable bonds is 10. The molecule has 0 fully saturated rings. The number of carbonyl (C=O) groups is 2. The van der Waals surface area contributed by atoms with Crippen LogP contribution in [0, 0.1) is 0 Å². The maximum atomic E-state index is 11.7. The number of hydrogen-bond donors (Lipinski definition) is 4. The van der Waals surface area contributed by atoms with Crippen LogP contribution in [0.1, 0.15) is 46.5 Å². The lowest BCUT2D eigenvalue weighted by atomic mass is 10.3. The highest BCUT2D eigenvalue weighted by Crippen LogP contribution is 2.01. The van der Waals surface area contributed by atoms with E-state index in [0.29, 0.717) is 19.3 Å². The Morgan fingerprint density at radius 1 is 0.909 bits per heavy atom. The van der Waals surface area contributed by atoms with E-state index in [1.54, 1.807) is 13.8 Å². The minimum atomic E-state index is -0.664. The number of nitrogens with one attached hydrogen (secondary N) is 2. The van der Waals surface area contributed by atoms with Gasteiger partial charge in [-0.15, -0.1) is 0 Å². The molecule has 2 unspecified atom stereocenters. The van der Waals surface area contributed by atoms with Crippen molar-refractivity contribution in [2.75, 3.05) is 13.2 Å². The fourth-order valence-corrected chi connectivity index (χ4v) is 1.67. The van der Waals surface area contributed by atoms with Crippen molar-refractivity contribution in [2.24, 2.45) is 0 Å². The first-order valence-electron chi connectivity index (χ1n) is 7.58. The average molecular weight is 320 g/mol. The van der Waals surface area contributed by atoms with Crippen molar-refractivity contribution < 1.29 is 29.3 Å². The van der Waals surface area contributed by atoms with Crippen LogP contribution in [0.2, 0.25) is 0 Å². The van der Waals surface area contributed by atoms with Crippen molar-refractivity contribution >= 4 is 12.2 Å². The van der Waals surface area contributed by atoms with E-state index in [9.17, 15) is 9.59 Å². The third kappa shape index (κ3) is 10.2. The van der Waals surface area contributed by atoms with E-state index in [-0.39, 0.29) is 13.2 Å². The summed E-state index contributed by atoms with van der Waals surface area (Å²) >= 11 is 0. The smallest absolute Gasteiger partial charge is 0.409 e. The average Bonchev–Trinajstić information content (AvgIpc) is 2.38. The van der Waals surface area contributed by atoms with Gasteiger partial charge < -0.3 is 30.3 Å². The normalized spacial score (nSPS) is 14.6. The molecule has 0 aliphatic heterocycles. The fraction of sp³-hybridized carbons (Fsp3) is 0.857. The van der Waals surface area contributed by atoms with E-state index < -0.39 is 30.6 Å². The van der Waals surface area contributed by atoms with Crippen LogP contribution in [0.15, 0.2) is 0 Å². The Morgan fingerprint density at radius 3 is 1.64 bits per heavy atom. The van der Waals surface area contributed by atoms with Crippen LogP contribution in [0.4, 0.5) is 9.59 Å². The number of aliphatic hydroxyl groups excluding tert-OH is 2. The van der Waals surface area contributed by atoms with Gasteiger partial charge in [0.15, 0.2) is 0 Å². The number of aliphatic hydroxyl groups is 2. The summed E-state index contributed by atoms with van der Waals surface area (Å²) in [7, 11) is 0. The summed E-state index contributed by atoms with van der Waals surface area (Å²) in [5.74, 6) is 0. The molecule has 2 atom stereocenters. The van der Waals surface area contributed by atoms with Gasteiger partial charge in [-0.3, -0.25) is 0 Å². The van der Waals surface area contributed by atoms with Gasteiger partial charge in [0.1, 0.15) is 18.4 Å². The molecule has 0 radical (unpaired) electrons. The summed E-state index contributed by atoms with van der Waals surface area (Å²) < 4.78 is 10.1. The Hall–Kier alpha value is -1.54. The van der Waals surface area contributed by atoms with Gasteiger partial charge in [-0.05, 0) is 20.3 Å². The molecular formula is C14H28N2O6. The van der Waals surface area contributed by atoms with Crippen molar-refractivity contribution in [3.05, 3.63) is 0 Å². The first-order valence-corrected chi connectivity index (χ1v) is 7.58. The molecule has 0 bridgehead atoms. The van der Waals surface area contributed by atoms with Gasteiger partial charge in [0, 0.05) is 26.1 Å². The Morgan fingerprint density at radius 2 is 1.32 bits per heavy atom. The van der Waals surface area contributed by atoms with E-state index in [4.69, 9.17) is 19.7 Å². The SMILES string of the molecule is CCCC(NC(=O)OC(C)CCO)NC(=O)OC(C)CCO. The standard InChI is InChI=1S/C14H28N2O6/c1-4-5-12(15-13(19)21-10(2)6-8-17)16-14(20)22-11(3)7-9-18/h10-12,17-18H,4-9H2,1-3H3,(H,15,19)(H,16,20). The second-order valence-electron chi connectivity index (χ2n) is 5.09. The topological polar surface area (TPSA) is 117 Å². The van der Waals surface area contributed by atoms with Crippen LogP contribution in [0.5, 0.6) is 0 Å². The number of carbonyl (C=O) groups excluding carboxylic acids is 2. The number of hydrogen-bond acceptors (Lipinski definition) is 6. The molecule has 0 saturated carbocycles. The molecule has 0 spiro atoms. The lowest BCUT2D eigenvalue weighted by Gasteiger charge is -2.22. The fourth-order valence-electron chi connectivity index (χ4n) is 1.67. The minimum Gasteiger partial charge on any atom is -0.446 e. The third-order valence-electron chi connectivity index (χ3n) is 2.85. The monoisotopic (exact) mass is 320 g/mol. The molecule has 2 amide bonds. The zero-order chi connectivity index (χ0) is 17.0. The van der Waals surface area contributed by atoms with Crippen LogP contribution in [0.3, 0.4) is 0 Å². The van der Waals surface area contributed by atoms with Crippen LogP contribution >= 0.6 is 0 Å². The maximum Gasteiger partial charge on any atom is 0.409 e. The number of ether oxygens (including phenoxy) is 2. The molecule has 0 rings (SSSR count). The Bertz CT molecular complexity index is 298. The van der Waals surface area contributed by atoms with Crippen LogP contribution in [0.25, 0.3) is 0 Å². The van der Waals surface area contributed by atoms with Crippen molar-refractivity contribution in [1.29, 1.82) is 0 Å². The van der Waals surface area contributed by atoms with Crippen LogP contribution in [-0.2, 0) is 9.47 Å². The third-order valence-corrected chi connectivity index (χ3v) is 2.85. The van der Waals surface area contributed by atoms with Crippen molar-refractivity contribution in [2.45, 2.75) is 64.8 Å². The second-order valence-corrected chi connectivity index (χ2v) is 5.09. The maximum absolute atomic E-state index is 11.7. The molecule has 0 aromatic carbocycles. The van der Waals surface area contributed by atoms with Gasteiger partial charge in [0.05, 0.1) is 0 Å². The summed E-state index contributed by atoms with van der Waals surface area (Å²) in [6.07, 6.45) is -0.803. The van der Waals surface area contributed by atoms with Gasteiger partial charge in [-0.1, -0.05) is 13.3 Å². The quantitative estimate of drug-likeness (QED) is 0.448. The second kappa shape index (κ2) is 12.0. The zero-order valence-electron chi connectivity index (χ0n) is 13.5. The first kappa shape index (κ1) is 20.5. The highest BCUT2D eigenvalue weighted by atomic mass is 16.6. The summed E-state index contributed by atoms with van der Waals surface area (Å²) in [5, 5.41) is 22.6.